The smallest absolute Gasteiger partial charge is 0.315 e. The van der Waals surface area contributed by atoms with E-state index in [1.807, 2.05) is 6.92 Å². The van der Waals surface area contributed by atoms with E-state index >= 15 is 0 Å². The number of amides is 2. The number of nitrogens with zero attached hydrogens (tertiary/aromatic N) is 2. The Bertz CT molecular complexity index is 961. The molecule has 1 aromatic heterocycles. The Morgan fingerprint density at radius 2 is 2.00 bits per heavy atom. The molecular weight excluding hydrogens is 420 g/mol. The van der Waals surface area contributed by atoms with Crippen LogP contribution < -0.4 is 10.5 Å². The Kier molecular flexibility index (Phi) is 6.91. The molecule has 2 atom stereocenters. The first-order valence-electron chi connectivity index (χ1n) is 9.79. The van der Waals surface area contributed by atoms with Gasteiger partial charge in [-0.15, -0.1) is 11.3 Å². The number of carboxylic acids is 1. The van der Waals surface area contributed by atoms with Crippen molar-refractivity contribution in [1.29, 1.82) is 5.41 Å². The van der Waals surface area contributed by atoms with E-state index in [4.69, 9.17) is 15.9 Å². The molecule has 2 aromatic rings. The molecule has 1 aliphatic rings. The van der Waals surface area contributed by atoms with Gasteiger partial charge < -0.3 is 20.5 Å². The van der Waals surface area contributed by atoms with Crippen molar-refractivity contribution in [1.82, 2.24) is 9.80 Å². The fraction of sp³-hybridized carbons (Fsp3) is 0.333. The van der Waals surface area contributed by atoms with Crippen molar-refractivity contribution >= 4 is 35.0 Å². The van der Waals surface area contributed by atoms with E-state index in [2.05, 4.69) is 0 Å². The van der Waals surface area contributed by atoms with Crippen LogP contribution in [0.1, 0.15) is 36.2 Å². The summed E-state index contributed by atoms with van der Waals surface area (Å²) in [6, 6.07) is 9.32. The molecule has 1 aromatic carbocycles. The number of rotatable bonds is 9. The van der Waals surface area contributed by atoms with Crippen LogP contribution in [-0.4, -0.2) is 57.8 Å². The number of nitrogens with one attached hydrogen (secondary N) is 1. The van der Waals surface area contributed by atoms with Crippen molar-refractivity contribution in [3.63, 3.8) is 0 Å². The fourth-order valence-electron chi connectivity index (χ4n) is 3.46. The molecule has 1 saturated heterocycles. The predicted octanol–water partition coefficient (Wildman–Crippen LogP) is 2.03. The van der Waals surface area contributed by atoms with E-state index in [0.29, 0.717) is 29.2 Å². The van der Waals surface area contributed by atoms with Crippen molar-refractivity contribution in [2.75, 3.05) is 13.1 Å². The van der Waals surface area contributed by atoms with E-state index in [1.54, 1.807) is 41.8 Å². The lowest BCUT2D eigenvalue weighted by atomic mass is 10.1. The van der Waals surface area contributed by atoms with Crippen molar-refractivity contribution in [3.8, 4) is 5.75 Å². The summed E-state index contributed by atoms with van der Waals surface area (Å²) in [4.78, 5) is 40.6. The molecule has 2 heterocycles. The third-order valence-electron chi connectivity index (χ3n) is 4.92. The van der Waals surface area contributed by atoms with Gasteiger partial charge in [-0.3, -0.25) is 24.7 Å². The maximum Gasteiger partial charge on any atom is 0.315 e. The van der Waals surface area contributed by atoms with Gasteiger partial charge in [-0.25, -0.2) is 0 Å². The van der Waals surface area contributed by atoms with Crippen LogP contribution in [0.4, 0.5) is 0 Å². The van der Waals surface area contributed by atoms with Crippen LogP contribution in [0.15, 0.2) is 41.8 Å². The fourth-order valence-corrected chi connectivity index (χ4v) is 4.30. The summed E-state index contributed by atoms with van der Waals surface area (Å²) in [6.07, 6.45) is -0.455. The lowest BCUT2D eigenvalue weighted by molar-refractivity contribution is -0.169. The number of ether oxygens (including phenoxy) is 1. The number of nitrogens with two attached hydrogens (primary N) is 1. The van der Waals surface area contributed by atoms with Crippen LogP contribution in [0.5, 0.6) is 5.75 Å². The van der Waals surface area contributed by atoms with Crippen molar-refractivity contribution < 1.29 is 24.2 Å². The number of benzene rings is 1. The predicted molar refractivity (Wildman–Crippen MR) is 115 cm³/mol. The third-order valence-corrected chi connectivity index (χ3v) is 5.90. The minimum Gasteiger partial charge on any atom is -0.481 e. The number of amidine groups is 1. The standard InChI is InChI=1S/C21H24N4O5S/c1-2-9-24-17(30-14-7-5-13(6-8-14)19(22)23)12-25(21(29)20(24)28)15(11-18(26)27)16-4-3-10-31-16/h3-8,10,15,17H,2,9,11-12H2,1H3,(H3,22,23)(H,26,27). The Morgan fingerprint density at radius 3 is 2.55 bits per heavy atom. The van der Waals surface area contributed by atoms with Gasteiger partial charge in [-0.1, -0.05) is 13.0 Å². The van der Waals surface area contributed by atoms with Gasteiger partial charge in [-0.2, -0.15) is 0 Å². The number of hydrogen-bond acceptors (Lipinski definition) is 6. The van der Waals surface area contributed by atoms with Gasteiger partial charge in [0.2, 0.25) is 0 Å². The van der Waals surface area contributed by atoms with Crippen LogP contribution in [-0.2, 0) is 14.4 Å². The minimum absolute atomic E-state index is 0.0366. The molecule has 1 aliphatic heterocycles. The van der Waals surface area contributed by atoms with Crippen LogP contribution in [0.25, 0.3) is 0 Å². The molecule has 2 unspecified atom stereocenters. The second-order valence-corrected chi connectivity index (χ2v) is 8.07. The van der Waals surface area contributed by atoms with Crippen LogP contribution in [0.3, 0.4) is 0 Å². The molecule has 9 nitrogen and oxygen atoms in total. The number of carboxylic acid groups (broad SMARTS) is 1. The summed E-state index contributed by atoms with van der Waals surface area (Å²) >= 11 is 1.34. The highest BCUT2D eigenvalue weighted by molar-refractivity contribution is 7.10. The minimum atomic E-state index is -1.06. The molecule has 31 heavy (non-hydrogen) atoms. The van der Waals surface area contributed by atoms with Gasteiger partial charge >= 0.3 is 17.8 Å². The number of aliphatic carboxylic acids is 1. The largest absolute Gasteiger partial charge is 0.481 e. The zero-order valence-corrected chi connectivity index (χ0v) is 17.8. The summed E-state index contributed by atoms with van der Waals surface area (Å²) in [6.45, 7) is 2.26. The summed E-state index contributed by atoms with van der Waals surface area (Å²) < 4.78 is 6.03. The third kappa shape index (κ3) is 5.02. The quantitative estimate of drug-likeness (QED) is 0.307. The van der Waals surface area contributed by atoms with E-state index in [9.17, 15) is 19.5 Å². The summed E-state index contributed by atoms with van der Waals surface area (Å²) in [5.74, 6) is -2.14. The second-order valence-electron chi connectivity index (χ2n) is 7.10. The van der Waals surface area contributed by atoms with Crippen molar-refractivity contribution in [3.05, 3.63) is 52.2 Å². The highest BCUT2D eigenvalue weighted by Gasteiger charge is 2.43. The molecule has 1 fully saturated rings. The Morgan fingerprint density at radius 1 is 1.29 bits per heavy atom. The van der Waals surface area contributed by atoms with Crippen LogP contribution in [0.2, 0.25) is 0 Å². The second kappa shape index (κ2) is 9.61. The first kappa shape index (κ1) is 22.3. The SMILES string of the molecule is CCCN1C(=O)C(=O)N(C(CC(=O)O)c2cccs2)CC1Oc1ccc(C(=N)N)cc1. The molecule has 0 bridgehead atoms. The van der Waals surface area contributed by atoms with Gasteiger partial charge in [0.25, 0.3) is 0 Å². The van der Waals surface area contributed by atoms with Gasteiger partial charge in [-0.05, 0) is 42.1 Å². The number of nitrogen functional groups attached to an aromatic ring is 1. The average Bonchev–Trinajstić information content (AvgIpc) is 3.26. The molecule has 3 rings (SSSR count). The number of piperazine rings is 1. The molecular formula is C21H24N4O5S. The van der Waals surface area contributed by atoms with Gasteiger partial charge in [0, 0.05) is 17.0 Å². The molecule has 0 saturated carbocycles. The van der Waals surface area contributed by atoms with Gasteiger partial charge in [0.1, 0.15) is 11.6 Å². The average molecular weight is 445 g/mol. The van der Waals surface area contributed by atoms with Gasteiger partial charge in [0.05, 0.1) is 19.0 Å². The maximum atomic E-state index is 12.9. The Hall–Kier alpha value is -3.40. The summed E-state index contributed by atoms with van der Waals surface area (Å²) in [5, 5.41) is 18.7. The lowest BCUT2D eigenvalue weighted by Crippen LogP contribution is -2.62. The van der Waals surface area contributed by atoms with E-state index < -0.39 is 30.1 Å². The van der Waals surface area contributed by atoms with Crippen LogP contribution >= 0.6 is 11.3 Å². The van der Waals surface area contributed by atoms with E-state index in [-0.39, 0.29) is 18.8 Å². The Balaban J connectivity index is 1.90. The highest BCUT2D eigenvalue weighted by Crippen LogP contribution is 2.32. The highest BCUT2D eigenvalue weighted by atomic mass is 32.1. The normalized spacial score (nSPS) is 17.5. The first-order valence-corrected chi connectivity index (χ1v) is 10.7. The monoisotopic (exact) mass is 444 g/mol. The number of thiophene rings is 1. The Labute approximate surface area is 183 Å². The topological polar surface area (TPSA) is 137 Å². The van der Waals surface area contributed by atoms with Gasteiger partial charge in [0.15, 0.2) is 6.23 Å². The molecule has 4 N–H and O–H groups in total. The van der Waals surface area contributed by atoms with E-state index in [1.165, 1.54) is 21.1 Å². The molecule has 0 spiro atoms. The molecule has 10 heteroatoms. The molecule has 0 radical (unpaired) electrons. The maximum absolute atomic E-state index is 12.9. The van der Waals surface area contributed by atoms with Crippen LogP contribution in [0, 0.1) is 5.41 Å². The first-order chi connectivity index (χ1) is 14.8. The molecule has 2 amide bonds. The number of carbonyl (C=O) groups is 3. The zero-order chi connectivity index (χ0) is 22.5. The van der Waals surface area contributed by atoms with Crippen molar-refractivity contribution in [2.45, 2.75) is 32.0 Å². The zero-order valence-electron chi connectivity index (χ0n) is 17.0. The van der Waals surface area contributed by atoms with E-state index in [0.717, 1.165) is 0 Å². The number of hydrogen-bond donors (Lipinski definition) is 3. The summed E-state index contributed by atoms with van der Waals surface area (Å²) in [5.41, 5.74) is 6.01. The lowest BCUT2D eigenvalue weighted by Gasteiger charge is -2.42. The number of carbonyl (C=O) groups excluding carboxylic acids is 2. The van der Waals surface area contributed by atoms with Crippen molar-refractivity contribution in [2.24, 2.45) is 5.73 Å². The molecule has 164 valence electrons. The molecule has 0 aliphatic carbocycles. The summed E-state index contributed by atoms with van der Waals surface area (Å²) in [7, 11) is 0.